The SMILES string of the molecule is COc1ccccc1[C@@H]1C2=C(CC(C)(C)CC2=O)Nc2ccccc2N1CC(=O)NCCCN(C)C. The van der Waals surface area contributed by atoms with Crippen molar-refractivity contribution >= 4 is 23.1 Å². The molecule has 1 heterocycles. The van der Waals surface area contributed by atoms with E-state index >= 15 is 0 Å². The van der Waals surface area contributed by atoms with E-state index in [1.54, 1.807) is 7.11 Å². The highest BCUT2D eigenvalue weighted by atomic mass is 16.5. The first kappa shape index (κ1) is 25.8. The van der Waals surface area contributed by atoms with E-state index in [1.165, 1.54) is 0 Å². The van der Waals surface area contributed by atoms with Crippen LogP contribution in [0.3, 0.4) is 0 Å². The van der Waals surface area contributed by atoms with E-state index in [9.17, 15) is 9.59 Å². The number of hydrogen-bond donors (Lipinski definition) is 2. The van der Waals surface area contributed by atoms with Crippen LogP contribution >= 0.6 is 0 Å². The second-order valence-corrected chi connectivity index (χ2v) is 10.8. The second-order valence-electron chi connectivity index (χ2n) is 10.8. The number of fused-ring (bicyclic) bond motifs is 1. The Hall–Kier alpha value is -3.32. The van der Waals surface area contributed by atoms with E-state index < -0.39 is 6.04 Å². The lowest BCUT2D eigenvalue weighted by Gasteiger charge is -2.38. The maximum atomic E-state index is 13.8. The number of ether oxygens (including phenoxy) is 1. The van der Waals surface area contributed by atoms with Crippen molar-refractivity contribution < 1.29 is 14.3 Å². The standard InChI is InChI=1S/C29H38N4O3/c1-29(2)17-22-27(24(34)18-29)28(20-11-6-9-14-25(20)36-5)33(23-13-8-7-12-21(23)31-22)19-26(35)30-15-10-16-32(3)4/h6-9,11-14,28,31H,10,15-19H2,1-5H3,(H,30,35)/t28-/m1/s1. The van der Waals surface area contributed by atoms with Gasteiger partial charge in [0.2, 0.25) is 5.91 Å². The Morgan fingerprint density at radius 2 is 1.86 bits per heavy atom. The van der Waals surface area contributed by atoms with Crippen molar-refractivity contribution in [2.75, 3.05) is 51.1 Å². The molecule has 1 amide bonds. The molecule has 4 rings (SSSR count). The molecule has 36 heavy (non-hydrogen) atoms. The summed E-state index contributed by atoms with van der Waals surface area (Å²) in [4.78, 5) is 31.2. The predicted octanol–water partition coefficient (Wildman–Crippen LogP) is 4.38. The molecule has 7 heteroatoms. The molecular weight excluding hydrogens is 452 g/mol. The lowest BCUT2D eigenvalue weighted by Crippen LogP contribution is -2.42. The van der Waals surface area contributed by atoms with Gasteiger partial charge in [0, 0.05) is 29.8 Å². The van der Waals surface area contributed by atoms with Gasteiger partial charge < -0.3 is 25.2 Å². The van der Waals surface area contributed by atoms with Gasteiger partial charge in [-0.25, -0.2) is 0 Å². The highest BCUT2D eigenvalue weighted by molar-refractivity contribution is 6.02. The van der Waals surface area contributed by atoms with E-state index in [-0.39, 0.29) is 23.7 Å². The van der Waals surface area contributed by atoms with Gasteiger partial charge in [-0.3, -0.25) is 9.59 Å². The fourth-order valence-corrected chi connectivity index (χ4v) is 5.28. The number of amides is 1. The first-order chi connectivity index (χ1) is 17.2. The predicted molar refractivity (Wildman–Crippen MR) is 144 cm³/mol. The van der Waals surface area contributed by atoms with E-state index in [2.05, 4.69) is 34.3 Å². The number of rotatable bonds is 8. The zero-order valence-electron chi connectivity index (χ0n) is 22.1. The Labute approximate surface area is 214 Å². The molecular formula is C29H38N4O3. The zero-order valence-corrected chi connectivity index (χ0v) is 22.1. The quantitative estimate of drug-likeness (QED) is 0.535. The summed E-state index contributed by atoms with van der Waals surface area (Å²) in [5, 5.41) is 6.67. The summed E-state index contributed by atoms with van der Waals surface area (Å²) in [5.41, 5.74) is 4.15. The third-order valence-corrected chi connectivity index (χ3v) is 6.86. The highest BCUT2D eigenvalue weighted by Crippen LogP contribution is 2.49. The first-order valence-corrected chi connectivity index (χ1v) is 12.6. The average Bonchev–Trinajstić information content (AvgIpc) is 2.95. The minimum atomic E-state index is -0.455. The van der Waals surface area contributed by atoms with Gasteiger partial charge in [0.05, 0.1) is 31.1 Å². The maximum absolute atomic E-state index is 13.8. The van der Waals surface area contributed by atoms with E-state index in [1.807, 2.05) is 62.6 Å². The number of ketones is 1. The molecule has 0 unspecified atom stereocenters. The minimum Gasteiger partial charge on any atom is -0.496 e. The molecule has 0 radical (unpaired) electrons. The second kappa shape index (κ2) is 10.7. The van der Waals surface area contributed by atoms with Crippen LogP contribution in [0.2, 0.25) is 0 Å². The van der Waals surface area contributed by atoms with Crippen LogP contribution in [0.1, 0.15) is 44.7 Å². The van der Waals surface area contributed by atoms with Crippen LogP contribution in [0.15, 0.2) is 59.8 Å². The lowest BCUT2D eigenvalue weighted by atomic mass is 9.73. The van der Waals surface area contributed by atoms with Crippen molar-refractivity contribution in [1.82, 2.24) is 10.2 Å². The molecule has 7 nitrogen and oxygen atoms in total. The molecule has 1 aliphatic heterocycles. The molecule has 2 N–H and O–H groups in total. The van der Waals surface area contributed by atoms with Gasteiger partial charge in [0.15, 0.2) is 5.78 Å². The van der Waals surface area contributed by atoms with Gasteiger partial charge in [0.25, 0.3) is 0 Å². The summed E-state index contributed by atoms with van der Waals surface area (Å²) in [6, 6.07) is 15.3. The van der Waals surface area contributed by atoms with Crippen molar-refractivity contribution in [3.8, 4) is 5.75 Å². The minimum absolute atomic E-state index is 0.0731. The Balaban J connectivity index is 1.81. The smallest absolute Gasteiger partial charge is 0.239 e. The Morgan fingerprint density at radius 3 is 2.61 bits per heavy atom. The number of methoxy groups -OCH3 is 1. The fraction of sp³-hybridized carbons (Fsp3) is 0.448. The van der Waals surface area contributed by atoms with E-state index in [0.717, 1.165) is 47.6 Å². The molecule has 2 aromatic carbocycles. The number of carbonyl (C=O) groups is 2. The van der Waals surface area contributed by atoms with Crippen LogP contribution < -0.4 is 20.3 Å². The van der Waals surface area contributed by atoms with E-state index in [4.69, 9.17) is 4.74 Å². The third-order valence-electron chi connectivity index (χ3n) is 6.86. The Bertz CT molecular complexity index is 1150. The van der Waals surface area contributed by atoms with Crippen LogP contribution in [0, 0.1) is 5.41 Å². The summed E-state index contributed by atoms with van der Waals surface area (Å²) in [6.07, 6.45) is 2.08. The van der Waals surface area contributed by atoms with Gasteiger partial charge in [-0.05, 0) is 57.1 Å². The van der Waals surface area contributed by atoms with Gasteiger partial charge in [-0.2, -0.15) is 0 Å². The molecule has 0 fully saturated rings. The Morgan fingerprint density at radius 1 is 1.14 bits per heavy atom. The largest absolute Gasteiger partial charge is 0.496 e. The highest BCUT2D eigenvalue weighted by Gasteiger charge is 2.42. The van der Waals surface area contributed by atoms with Crippen molar-refractivity contribution in [3.63, 3.8) is 0 Å². The number of benzene rings is 2. The third kappa shape index (κ3) is 5.57. The number of allylic oxidation sites excluding steroid dienone is 1. The number of hydrogen-bond acceptors (Lipinski definition) is 6. The lowest BCUT2D eigenvalue weighted by molar-refractivity contribution is -0.120. The number of nitrogens with one attached hydrogen (secondary N) is 2. The summed E-state index contributed by atoms with van der Waals surface area (Å²) in [7, 11) is 5.69. The van der Waals surface area contributed by atoms with Gasteiger partial charge >= 0.3 is 0 Å². The molecule has 0 saturated heterocycles. The van der Waals surface area contributed by atoms with Gasteiger partial charge in [-0.15, -0.1) is 0 Å². The maximum Gasteiger partial charge on any atom is 0.239 e. The van der Waals surface area contributed by atoms with Crippen molar-refractivity contribution in [3.05, 3.63) is 65.4 Å². The number of nitrogens with zero attached hydrogens (tertiary/aromatic N) is 2. The molecule has 1 atom stereocenters. The Kier molecular flexibility index (Phi) is 7.69. The molecule has 0 saturated carbocycles. The van der Waals surface area contributed by atoms with Crippen molar-refractivity contribution in [2.24, 2.45) is 5.41 Å². The van der Waals surface area contributed by atoms with Crippen LogP contribution in [0.5, 0.6) is 5.75 Å². The number of Topliss-reactive ketones (excluding diaryl/α,β-unsaturated/α-hetero) is 1. The molecule has 0 aromatic heterocycles. The zero-order chi connectivity index (χ0) is 25.9. The summed E-state index contributed by atoms with van der Waals surface area (Å²) < 4.78 is 5.75. The van der Waals surface area contributed by atoms with Gasteiger partial charge in [0.1, 0.15) is 5.75 Å². The van der Waals surface area contributed by atoms with E-state index in [0.29, 0.717) is 18.7 Å². The van der Waals surface area contributed by atoms with Crippen LogP contribution in [-0.2, 0) is 9.59 Å². The summed E-state index contributed by atoms with van der Waals surface area (Å²) >= 11 is 0. The molecule has 0 spiro atoms. The molecule has 2 aromatic rings. The van der Waals surface area contributed by atoms with Gasteiger partial charge in [-0.1, -0.05) is 44.2 Å². The average molecular weight is 491 g/mol. The number of carbonyl (C=O) groups excluding carboxylic acids is 2. The van der Waals surface area contributed by atoms with Crippen molar-refractivity contribution in [2.45, 2.75) is 39.2 Å². The van der Waals surface area contributed by atoms with Crippen LogP contribution in [-0.4, -0.2) is 57.4 Å². The first-order valence-electron chi connectivity index (χ1n) is 12.6. The summed E-state index contributed by atoms with van der Waals surface area (Å²) in [6.45, 7) is 5.89. The molecule has 0 bridgehead atoms. The molecule has 2 aliphatic rings. The topological polar surface area (TPSA) is 73.9 Å². The number of para-hydroxylation sites is 3. The normalized spacial score (nSPS) is 18.8. The molecule has 1 aliphatic carbocycles. The van der Waals surface area contributed by atoms with Crippen LogP contribution in [0.4, 0.5) is 11.4 Å². The molecule has 192 valence electrons. The fourth-order valence-electron chi connectivity index (χ4n) is 5.28. The summed E-state index contributed by atoms with van der Waals surface area (Å²) in [5.74, 6) is 0.729. The van der Waals surface area contributed by atoms with Crippen LogP contribution in [0.25, 0.3) is 0 Å². The number of anilines is 2. The monoisotopic (exact) mass is 490 g/mol. The van der Waals surface area contributed by atoms with Crippen molar-refractivity contribution in [1.29, 1.82) is 0 Å².